The molecule has 0 N–H and O–H groups in total. The Morgan fingerprint density at radius 2 is 1.15 bits per heavy atom. The fourth-order valence-corrected chi connectivity index (χ4v) is 12.6. The van der Waals surface area contributed by atoms with Gasteiger partial charge in [-0.05, 0) is 115 Å². The van der Waals surface area contributed by atoms with Crippen molar-refractivity contribution in [2.75, 3.05) is 0 Å². The van der Waals surface area contributed by atoms with Crippen LogP contribution in [0.2, 0.25) is 0 Å². The fourth-order valence-electron chi connectivity index (χ4n) is 12.6. The Morgan fingerprint density at radius 1 is 0.618 bits per heavy atom. The normalized spacial score (nSPS) is 53.5. The van der Waals surface area contributed by atoms with Crippen LogP contribution in [-0.4, -0.2) is 12.1 Å². The topological polar surface area (TPSA) is 26.3 Å². The second-order valence-corrected chi connectivity index (χ2v) is 16.0. The van der Waals surface area contributed by atoms with Crippen molar-refractivity contribution in [1.82, 2.24) is 0 Å². The van der Waals surface area contributed by atoms with Crippen LogP contribution in [0.5, 0.6) is 0 Å². The average Bonchev–Trinajstić information content (AvgIpc) is 2.70. The van der Waals surface area contributed by atoms with E-state index in [2.05, 4.69) is 55.4 Å². The van der Waals surface area contributed by atoms with Crippen LogP contribution in [0.25, 0.3) is 0 Å². The standard InChI is InChI=1S/C32H54O2/c1-21(33)34-26-15-18-30(7)23(28(26,4)5)14-20-32(9)25(30)12-11-24-29(6)17-10-16-27(2,3)22(29)13-19-31(24,32)8/h22-26H,10-20H2,1-9H3/t22-,23-,24+,25+,26?,29-,30-,31+,32+/m0/s1. The molecule has 5 aliphatic rings. The summed E-state index contributed by atoms with van der Waals surface area (Å²) in [5.74, 6) is 3.13. The molecule has 5 rings (SSSR count). The summed E-state index contributed by atoms with van der Waals surface area (Å²) in [6, 6.07) is 0. The zero-order valence-electron chi connectivity index (χ0n) is 24.0. The van der Waals surface area contributed by atoms with Gasteiger partial charge in [-0.3, -0.25) is 4.79 Å². The largest absolute Gasteiger partial charge is 0.462 e. The molecule has 0 aliphatic heterocycles. The first kappa shape index (κ1) is 25.1. The Morgan fingerprint density at radius 3 is 1.71 bits per heavy atom. The predicted octanol–water partition coefficient (Wildman–Crippen LogP) is 8.82. The Bertz CT molecular complexity index is 842. The molecule has 0 radical (unpaired) electrons. The van der Waals surface area contributed by atoms with Gasteiger partial charge in [0.2, 0.25) is 0 Å². The Hall–Kier alpha value is -0.530. The predicted molar refractivity (Wildman–Crippen MR) is 140 cm³/mol. The molecule has 5 aliphatic carbocycles. The first-order valence-electron chi connectivity index (χ1n) is 14.8. The smallest absolute Gasteiger partial charge is 0.302 e. The quantitative estimate of drug-likeness (QED) is 0.358. The third-order valence-corrected chi connectivity index (χ3v) is 14.1. The fraction of sp³-hybridized carbons (Fsp3) is 0.969. The zero-order valence-corrected chi connectivity index (χ0v) is 24.0. The number of rotatable bonds is 1. The Labute approximate surface area is 210 Å². The Balaban J connectivity index is 1.50. The number of ether oxygens (including phenoxy) is 1. The van der Waals surface area contributed by atoms with Crippen molar-refractivity contribution in [3.05, 3.63) is 0 Å². The van der Waals surface area contributed by atoms with Crippen molar-refractivity contribution < 1.29 is 9.53 Å². The summed E-state index contributed by atoms with van der Waals surface area (Å²) < 4.78 is 5.92. The molecule has 9 atom stereocenters. The lowest BCUT2D eigenvalue weighted by atomic mass is 9.30. The molecule has 0 aromatic carbocycles. The summed E-state index contributed by atoms with van der Waals surface area (Å²) in [5, 5.41) is 0. The molecule has 0 spiro atoms. The summed E-state index contributed by atoms with van der Waals surface area (Å²) in [6.45, 7) is 22.5. The van der Waals surface area contributed by atoms with E-state index in [9.17, 15) is 4.79 Å². The lowest BCUT2D eigenvalue weighted by molar-refractivity contribution is -0.264. The van der Waals surface area contributed by atoms with Crippen LogP contribution in [-0.2, 0) is 9.53 Å². The minimum Gasteiger partial charge on any atom is -0.462 e. The molecule has 2 nitrogen and oxygen atoms in total. The van der Waals surface area contributed by atoms with Crippen LogP contribution >= 0.6 is 0 Å². The van der Waals surface area contributed by atoms with Crippen molar-refractivity contribution in [2.24, 2.45) is 56.2 Å². The van der Waals surface area contributed by atoms with Crippen molar-refractivity contribution in [2.45, 2.75) is 139 Å². The van der Waals surface area contributed by atoms with E-state index in [1.54, 1.807) is 6.92 Å². The van der Waals surface area contributed by atoms with E-state index in [0.717, 1.165) is 24.2 Å². The molecule has 5 saturated carbocycles. The highest BCUT2D eigenvalue weighted by Crippen LogP contribution is 2.78. The molecule has 1 unspecified atom stereocenters. The van der Waals surface area contributed by atoms with E-state index >= 15 is 0 Å². The maximum absolute atomic E-state index is 11.9. The molecule has 5 fully saturated rings. The maximum Gasteiger partial charge on any atom is 0.302 e. The van der Waals surface area contributed by atoms with Crippen LogP contribution in [0.4, 0.5) is 0 Å². The van der Waals surface area contributed by atoms with Gasteiger partial charge in [0.05, 0.1) is 0 Å². The van der Waals surface area contributed by atoms with Crippen molar-refractivity contribution >= 4 is 5.97 Å². The summed E-state index contributed by atoms with van der Waals surface area (Å²) in [5.41, 5.74) is 2.35. The SMILES string of the molecule is CC(=O)OC1CC[C@]2(C)[C@H]3CC[C@@H]4[C@@]5(C)CCCC(C)(C)[C@@H]5CC[C@@]4(C)[C@]3(C)CC[C@H]2C1(C)C. The van der Waals surface area contributed by atoms with Crippen LogP contribution in [0, 0.1) is 56.2 Å². The minimum atomic E-state index is -0.101. The highest BCUT2D eigenvalue weighted by molar-refractivity contribution is 5.66. The molecule has 34 heavy (non-hydrogen) atoms. The van der Waals surface area contributed by atoms with Gasteiger partial charge < -0.3 is 4.74 Å². The number of carbonyl (C=O) groups is 1. The second kappa shape index (κ2) is 7.50. The molecule has 0 heterocycles. The summed E-state index contributed by atoms with van der Waals surface area (Å²) in [7, 11) is 0. The van der Waals surface area contributed by atoms with Gasteiger partial charge in [0, 0.05) is 12.3 Å². The van der Waals surface area contributed by atoms with Crippen molar-refractivity contribution in [1.29, 1.82) is 0 Å². The first-order chi connectivity index (χ1) is 15.6. The molecular formula is C32H54O2. The van der Waals surface area contributed by atoms with E-state index in [1.807, 2.05) is 0 Å². The molecule has 0 amide bonds. The van der Waals surface area contributed by atoms with E-state index in [0.29, 0.717) is 33.0 Å². The maximum atomic E-state index is 11.9. The van der Waals surface area contributed by atoms with Gasteiger partial charge in [-0.2, -0.15) is 0 Å². The lowest BCUT2D eigenvalue weighted by Crippen LogP contribution is -2.68. The van der Waals surface area contributed by atoms with E-state index in [-0.39, 0.29) is 17.5 Å². The van der Waals surface area contributed by atoms with Gasteiger partial charge in [0.1, 0.15) is 6.10 Å². The third-order valence-electron chi connectivity index (χ3n) is 14.1. The highest BCUT2D eigenvalue weighted by atomic mass is 16.5. The van der Waals surface area contributed by atoms with Crippen LogP contribution < -0.4 is 0 Å². The lowest BCUT2D eigenvalue weighted by Gasteiger charge is -2.74. The van der Waals surface area contributed by atoms with E-state index in [1.165, 1.54) is 64.2 Å². The number of hydrogen-bond donors (Lipinski definition) is 0. The van der Waals surface area contributed by atoms with E-state index in [4.69, 9.17) is 4.74 Å². The zero-order chi connectivity index (χ0) is 24.9. The molecule has 0 aromatic rings. The molecule has 0 bridgehead atoms. The first-order valence-corrected chi connectivity index (χ1v) is 14.8. The number of fused-ring (bicyclic) bond motifs is 7. The van der Waals surface area contributed by atoms with Gasteiger partial charge in [0.25, 0.3) is 0 Å². The van der Waals surface area contributed by atoms with E-state index < -0.39 is 0 Å². The summed E-state index contributed by atoms with van der Waals surface area (Å²) in [6.07, 6.45) is 15.1. The molecule has 2 heteroatoms. The second-order valence-electron chi connectivity index (χ2n) is 16.0. The van der Waals surface area contributed by atoms with Gasteiger partial charge in [0.15, 0.2) is 0 Å². The minimum absolute atomic E-state index is 0.0643. The van der Waals surface area contributed by atoms with Gasteiger partial charge >= 0.3 is 5.97 Å². The van der Waals surface area contributed by atoms with Crippen molar-refractivity contribution in [3.63, 3.8) is 0 Å². The van der Waals surface area contributed by atoms with Gasteiger partial charge in [-0.1, -0.05) is 61.8 Å². The summed E-state index contributed by atoms with van der Waals surface area (Å²) in [4.78, 5) is 11.9. The van der Waals surface area contributed by atoms with Crippen molar-refractivity contribution in [3.8, 4) is 0 Å². The van der Waals surface area contributed by atoms with Gasteiger partial charge in [-0.25, -0.2) is 0 Å². The number of carbonyl (C=O) groups excluding carboxylic acids is 1. The molecular weight excluding hydrogens is 416 g/mol. The van der Waals surface area contributed by atoms with Crippen LogP contribution in [0.3, 0.4) is 0 Å². The third kappa shape index (κ3) is 3.08. The summed E-state index contributed by atoms with van der Waals surface area (Å²) >= 11 is 0. The van der Waals surface area contributed by atoms with Crippen LogP contribution in [0.15, 0.2) is 0 Å². The number of hydrogen-bond acceptors (Lipinski definition) is 2. The monoisotopic (exact) mass is 470 g/mol. The van der Waals surface area contributed by atoms with Gasteiger partial charge in [-0.15, -0.1) is 0 Å². The molecule has 0 saturated heterocycles. The highest BCUT2D eigenvalue weighted by Gasteiger charge is 2.70. The molecule has 0 aromatic heterocycles. The Kier molecular flexibility index (Phi) is 5.55. The number of esters is 1. The molecule has 194 valence electrons. The average molecular weight is 471 g/mol. The van der Waals surface area contributed by atoms with Crippen LogP contribution in [0.1, 0.15) is 133 Å².